The monoisotopic (exact) mass is 306 g/mol. The molecule has 0 unspecified atom stereocenters. The van der Waals surface area contributed by atoms with E-state index in [1.54, 1.807) is 12.1 Å². The van der Waals surface area contributed by atoms with E-state index in [2.05, 4.69) is 25.8 Å². The molecule has 2 rings (SSSR count). The third-order valence-electron chi connectivity index (χ3n) is 2.98. The number of sulfonamides is 1. The molecular formula is C15H18N2O3S. The molecule has 1 aromatic heterocycles. The highest BCUT2D eigenvalue weighted by atomic mass is 32.2. The summed E-state index contributed by atoms with van der Waals surface area (Å²) in [6.45, 7) is 6.34. The molecule has 0 saturated heterocycles. The number of hydrogen-bond acceptors (Lipinski definition) is 4. The van der Waals surface area contributed by atoms with Gasteiger partial charge >= 0.3 is 0 Å². The van der Waals surface area contributed by atoms with Crippen LogP contribution in [0.1, 0.15) is 26.3 Å². The van der Waals surface area contributed by atoms with Gasteiger partial charge in [-0.1, -0.05) is 32.9 Å². The van der Waals surface area contributed by atoms with Crippen molar-refractivity contribution in [1.29, 1.82) is 0 Å². The second kappa shape index (κ2) is 5.46. The predicted molar refractivity (Wildman–Crippen MR) is 80.8 cm³/mol. The van der Waals surface area contributed by atoms with Crippen LogP contribution in [0.3, 0.4) is 0 Å². The van der Waals surface area contributed by atoms with E-state index in [1.807, 2.05) is 12.1 Å². The molecule has 0 aliphatic heterocycles. The number of nitrogens with zero attached hydrogens (tertiary/aromatic N) is 1. The molecule has 1 aromatic carbocycles. The van der Waals surface area contributed by atoms with E-state index in [9.17, 15) is 8.42 Å². The summed E-state index contributed by atoms with van der Waals surface area (Å²) in [6, 6.07) is 10.3. The van der Waals surface area contributed by atoms with E-state index in [1.165, 1.54) is 18.3 Å². The molecule has 21 heavy (non-hydrogen) atoms. The van der Waals surface area contributed by atoms with Gasteiger partial charge in [0.2, 0.25) is 15.9 Å². The van der Waals surface area contributed by atoms with Crippen LogP contribution in [0.4, 0.5) is 0 Å². The minimum Gasteiger partial charge on any atom is -0.438 e. The summed E-state index contributed by atoms with van der Waals surface area (Å²) in [4.78, 5) is 3.80. The van der Waals surface area contributed by atoms with Crippen LogP contribution in [-0.2, 0) is 15.4 Å². The number of hydrogen-bond donors (Lipinski definition) is 1. The van der Waals surface area contributed by atoms with Crippen molar-refractivity contribution in [1.82, 2.24) is 4.98 Å². The van der Waals surface area contributed by atoms with Crippen LogP contribution < -0.4 is 9.88 Å². The Hall–Kier alpha value is -1.92. The van der Waals surface area contributed by atoms with Crippen molar-refractivity contribution in [3.63, 3.8) is 0 Å². The molecule has 0 amide bonds. The minimum absolute atomic E-state index is 0.0245. The van der Waals surface area contributed by atoms with Gasteiger partial charge in [0.1, 0.15) is 10.6 Å². The maximum Gasteiger partial charge on any atom is 0.243 e. The lowest BCUT2D eigenvalue weighted by Gasteiger charge is -2.19. The molecule has 0 fully saturated rings. The molecule has 0 saturated carbocycles. The molecule has 2 aromatic rings. The molecule has 6 heteroatoms. The van der Waals surface area contributed by atoms with Crippen LogP contribution in [0.25, 0.3) is 0 Å². The zero-order valence-electron chi connectivity index (χ0n) is 12.2. The van der Waals surface area contributed by atoms with Gasteiger partial charge < -0.3 is 4.74 Å². The van der Waals surface area contributed by atoms with Gasteiger partial charge in [0.25, 0.3) is 0 Å². The normalized spacial score (nSPS) is 12.2. The maximum atomic E-state index is 11.5. The van der Waals surface area contributed by atoms with Crippen molar-refractivity contribution >= 4 is 10.0 Å². The second-order valence-corrected chi connectivity index (χ2v) is 7.26. The van der Waals surface area contributed by atoms with E-state index in [-0.39, 0.29) is 16.2 Å². The van der Waals surface area contributed by atoms with Crippen molar-refractivity contribution in [3.05, 3.63) is 48.2 Å². The Morgan fingerprint density at radius 2 is 1.71 bits per heavy atom. The van der Waals surface area contributed by atoms with Crippen LogP contribution >= 0.6 is 0 Å². The lowest BCUT2D eigenvalue weighted by Crippen LogP contribution is -2.13. The van der Waals surface area contributed by atoms with E-state index in [4.69, 9.17) is 9.88 Å². The number of benzene rings is 1. The Balaban J connectivity index is 2.32. The van der Waals surface area contributed by atoms with E-state index in [0.29, 0.717) is 5.75 Å². The van der Waals surface area contributed by atoms with Crippen LogP contribution in [-0.4, -0.2) is 13.4 Å². The highest BCUT2D eigenvalue weighted by molar-refractivity contribution is 7.89. The molecule has 1 heterocycles. The van der Waals surface area contributed by atoms with Gasteiger partial charge in [-0.05, 0) is 35.2 Å². The first kappa shape index (κ1) is 15.5. The minimum atomic E-state index is -3.87. The molecule has 2 N–H and O–H groups in total. The summed E-state index contributed by atoms with van der Waals surface area (Å²) in [5.41, 5.74) is 1.19. The predicted octanol–water partition coefficient (Wildman–Crippen LogP) is 2.82. The van der Waals surface area contributed by atoms with Crippen molar-refractivity contribution in [3.8, 4) is 11.6 Å². The molecule has 0 aliphatic carbocycles. The van der Waals surface area contributed by atoms with Crippen molar-refractivity contribution < 1.29 is 13.2 Å². The van der Waals surface area contributed by atoms with Crippen LogP contribution in [0.15, 0.2) is 47.5 Å². The third kappa shape index (κ3) is 3.80. The Morgan fingerprint density at radius 1 is 1.10 bits per heavy atom. The second-order valence-electron chi connectivity index (χ2n) is 5.73. The molecule has 112 valence electrons. The molecule has 0 atom stereocenters. The van der Waals surface area contributed by atoms with Gasteiger partial charge in [0.15, 0.2) is 0 Å². The summed E-state index contributed by atoms with van der Waals surface area (Å²) in [6.07, 6.45) is 1.45. The maximum absolute atomic E-state index is 11.5. The van der Waals surface area contributed by atoms with Gasteiger partial charge in [-0.25, -0.2) is 18.5 Å². The van der Waals surface area contributed by atoms with Crippen molar-refractivity contribution in [2.45, 2.75) is 31.1 Å². The average molecular weight is 306 g/mol. The molecule has 0 spiro atoms. The first-order valence-electron chi connectivity index (χ1n) is 6.44. The van der Waals surface area contributed by atoms with E-state index in [0.717, 1.165) is 5.56 Å². The van der Waals surface area contributed by atoms with E-state index >= 15 is 0 Å². The molecule has 0 aliphatic rings. The van der Waals surface area contributed by atoms with Gasteiger partial charge in [-0.3, -0.25) is 0 Å². The highest BCUT2D eigenvalue weighted by Gasteiger charge is 2.17. The fourth-order valence-electron chi connectivity index (χ4n) is 1.80. The first-order chi connectivity index (χ1) is 9.68. The van der Waals surface area contributed by atoms with Crippen molar-refractivity contribution in [2.24, 2.45) is 5.14 Å². The summed E-state index contributed by atoms with van der Waals surface area (Å²) in [5.74, 6) is 0.482. The van der Waals surface area contributed by atoms with Gasteiger partial charge in [0, 0.05) is 6.20 Å². The van der Waals surface area contributed by atoms with Crippen LogP contribution in [0, 0.1) is 0 Å². The Kier molecular flexibility index (Phi) is 4.02. The number of nitrogens with two attached hydrogens (primary N) is 1. The van der Waals surface area contributed by atoms with Crippen LogP contribution in [0.5, 0.6) is 11.6 Å². The Morgan fingerprint density at radius 3 is 2.24 bits per heavy atom. The number of ether oxygens (including phenoxy) is 1. The zero-order chi connectivity index (χ0) is 15.7. The lowest BCUT2D eigenvalue weighted by atomic mass is 9.87. The summed E-state index contributed by atoms with van der Waals surface area (Å²) in [7, 11) is -3.87. The van der Waals surface area contributed by atoms with Gasteiger partial charge in [-0.2, -0.15) is 0 Å². The molecule has 0 radical (unpaired) electrons. The Bertz CT molecular complexity index is 732. The number of primary sulfonamides is 1. The highest BCUT2D eigenvalue weighted by Crippen LogP contribution is 2.28. The molecular weight excluding hydrogens is 288 g/mol. The molecule has 0 bridgehead atoms. The van der Waals surface area contributed by atoms with Crippen molar-refractivity contribution in [2.75, 3.05) is 0 Å². The lowest BCUT2D eigenvalue weighted by molar-refractivity contribution is 0.446. The topological polar surface area (TPSA) is 82.3 Å². The average Bonchev–Trinajstić information content (AvgIpc) is 2.37. The SMILES string of the molecule is CC(C)(C)c1ccc(Oc2ncccc2S(N)(=O)=O)cc1. The first-order valence-corrected chi connectivity index (χ1v) is 7.99. The fraction of sp³-hybridized carbons (Fsp3) is 0.267. The number of pyridine rings is 1. The smallest absolute Gasteiger partial charge is 0.243 e. The standard InChI is InChI=1S/C15H18N2O3S/c1-15(2,3)11-6-8-12(9-7-11)20-14-13(21(16,18)19)5-4-10-17-14/h4-10H,1-3H3,(H2,16,18,19). The Labute approximate surface area is 124 Å². The third-order valence-corrected chi connectivity index (χ3v) is 3.90. The van der Waals surface area contributed by atoms with Gasteiger partial charge in [-0.15, -0.1) is 0 Å². The fourth-order valence-corrected chi connectivity index (χ4v) is 2.41. The molecule has 5 nitrogen and oxygen atoms in total. The van der Waals surface area contributed by atoms with E-state index < -0.39 is 10.0 Å². The number of rotatable bonds is 3. The van der Waals surface area contributed by atoms with Crippen LogP contribution in [0.2, 0.25) is 0 Å². The summed E-state index contributed by atoms with van der Waals surface area (Å²) in [5, 5.41) is 5.14. The summed E-state index contributed by atoms with van der Waals surface area (Å²) >= 11 is 0. The number of aromatic nitrogens is 1. The quantitative estimate of drug-likeness (QED) is 0.945. The largest absolute Gasteiger partial charge is 0.438 e. The zero-order valence-corrected chi connectivity index (χ0v) is 13.0. The van der Waals surface area contributed by atoms with Gasteiger partial charge in [0.05, 0.1) is 0 Å². The summed E-state index contributed by atoms with van der Waals surface area (Å²) < 4.78 is 28.5.